The molecule has 1 aromatic heterocycles. The van der Waals surface area contributed by atoms with E-state index < -0.39 is 6.10 Å². The molecule has 2 N–H and O–H groups in total. The largest absolute Gasteiger partial charge is 0.495 e. The summed E-state index contributed by atoms with van der Waals surface area (Å²) in [4.78, 5) is 14.1. The van der Waals surface area contributed by atoms with Gasteiger partial charge in [-0.25, -0.2) is 4.39 Å². The van der Waals surface area contributed by atoms with Crippen molar-refractivity contribution in [1.29, 1.82) is 0 Å². The summed E-state index contributed by atoms with van der Waals surface area (Å²) in [6.45, 7) is 8.64. The van der Waals surface area contributed by atoms with Gasteiger partial charge in [0.2, 0.25) is 0 Å². The van der Waals surface area contributed by atoms with Crippen molar-refractivity contribution < 1.29 is 19.0 Å². The number of carbonyl (C=O) groups excluding carboxylic acids is 1. The molecule has 0 aliphatic carbocycles. The van der Waals surface area contributed by atoms with Crippen LogP contribution in [0.3, 0.4) is 0 Å². The summed E-state index contributed by atoms with van der Waals surface area (Å²) in [5.41, 5.74) is 5.57. The third-order valence-electron chi connectivity index (χ3n) is 7.30. The molecule has 1 aliphatic heterocycles. The zero-order valence-electron chi connectivity index (χ0n) is 22.9. The van der Waals surface area contributed by atoms with E-state index in [0.717, 1.165) is 28.1 Å². The van der Waals surface area contributed by atoms with Crippen LogP contribution in [0.2, 0.25) is 0 Å². The lowest BCUT2D eigenvalue weighted by Crippen LogP contribution is -2.28. The van der Waals surface area contributed by atoms with E-state index in [1.54, 1.807) is 12.1 Å². The molecule has 1 amide bonds. The minimum absolute atomic E-state index is 0.000939. The van der Waals surface area contributed by atoms with Crippen molar-refractivity contribution in [3.8, 4) is 22.4 Å². The summed E-state index contributed by atoms with van der Waals surface area (Å²) in [5.74, 6) is 0.0685. The molecule has 4 aromatic rings. The number of aliphatic hydroxyl groups is 1. The normalized spacial score (nSPS) is 17.1. The molecule has 0 spiro atoms. The Hall–Kier alpha value is -4.16. The molecule has 206 valence electrons. The molecule has 40 heavy (non-hydrogen) atoms. The number of aromatic nitrogens is 1. The van der Waals surface area contributed by atoms with Crippen LogP contribution in [0.5, 0.6) is 0 Å². The van der Waals surface area contributed by atoms with E-state index >= 15 is 0 Å². The quantitative estimate of drug-likeness (QED) is 0.241. The molecule has 6 heteroatoms. The van der Waals surface area contributed by atoms with Gasteiger partial charge in [0.15, 0.2) is 0 Å². The Kier molecular flexibility index (Phi) is 8.17. The van der Waals surface area contributed by atoms with E-state index in [2.05, 4.69) is 30.3 Å². The SMILES string of the molecule is C=C1C[C@H](O)C[C@@H](CCn2c(-c3ccc(F)cc3)c(-c3ccccc3)c(C(=O)Nc3ccccc3)c2C(C)C)O1. The lowest BCUT2D eigenvalue weighted by molar-refractivity contribution is -0.00340. The van der Waals surface area contributed by atoms with Crippen molar-refractivity contribution in [3.63, 3.8) is 0 Å². The maximum atomic E-state index is 14.1. The highest BCUT2D eigenvalue weighted by Crippen LogP contribution is 2.43. The van der Waals surface area contributed by atoms with E-state index in [-0.39, 0.29) is 23.7 Å². The van der Waals surface area contributed by atoms with Crippen LogP contribution in [0.25, 0.3) is 22.4 Å². The number of anilines is 1. The van der Waals surface area contributed by atoms with E-state index in [9.17, 15) is 14.3 Å². The van der Waals surface area contributed by atoms with Gasteiger partial charge in [-0.2, -0.15) is 0 Å². The Morgan fingerprint density at radius 1 is 1.02 bits per heavy atom. The third kappa shape index (κ3) is 5.87. The molecule has 0 radical (unpaired) electrons. The molecule has 1 fully saturated rings. The van der Waals surface area contributed by atoms with Crippen LogP contribution in [0.15, 0.2) is 97.3 Å². The van der Waals surface area contributed by atoms with Gasteiger partial charge in [-0.3, -0.25) is 4.79 Å². The topological polar surface area (TPSA) is 63.5 Å². The fraction of sp³-hybridized carbons (Fsp3) is 0.265. The predicted octanol–water partition coefficient (Wildman–Crippen LogP) is 7.78. The monoisotopic (exact) mass is 538 g/mol. The highest BCUT2D eigenvalue weighted by atomic mass is 19.1. The predicted molar refractivity (Wildman–Crippen MR) is 158 cm³/mol. The molecule has 1 saturated heterocycles. The number of amides is 1. The summed E-state index contributed by atoms with van der Waals surface area (Å²) in [7, 11) is 0. The highest BCUT2D eigenvalue weighted by Gasteiger charge is 2.31. The van der Waals surface area contributed by atoms with Gasteiger partial charge in [-0.15, -0.1) is 0 Å². The van der Waals surface area contributed by atoms with Crippen LogP contribution in [0, 0.1) is 5.82 Å². The first-order chi connectivity index (χ1) is 19.3. The number of nitrogens with one attached hydrogen (secondary N) is 1. The zero-order valence-corrected chi connectivity index (χ0v) is 22.9. The fourth-order valence-electron chi connectivity index (χ4n) is 5.64. The van der Waals surface area contributed by atoms with Gasteiger partial charge < -0.3 is 19.7 Å². The number of aliphatic hydroxyl groups excluding tert-OH is 1. The number of benzene rings is 3. The molecule has 2 atom stereocenters. The fourth-order valence-corrected chi connectivity index (χ4v) is 5.64. The van der Waals surface area contributed by atoms with Crippen molar-refractivity contribution in [3.05, 3.63) is 114 Å². The molecule has 3 aromatic carbocycles. The summed E-state index contributed by atoms with van der Waals surface area (Å²) in [6.07, 6.45) is 0.911. The van der Waals surface area contributed by atoms with E-state index in [1.165, 1.54) is 12.1 Å². The Balaban J connectivity index is 1.71. The van der Waals surface area contributed by atoms with Gasteiger partial charge in [-0.05, 0) is 53.4 Å². The number of rotatable bonds is 8. The number of ether oxygens (including phenoxy) is 1. The third-order valence-corrected chi connectivity index (χ3v) is 7.30. The molecule has 0 unspecified atom stereocenters. The van der Waals surface area contributed by atoms with Crippen LogP contribution in [-0.2, 0) is 11.3 Å². The van der Waals surface area contributed by atoms with Crippen LogP contribution >= 0.6 is 0 Å². The average molecular weight is 539 g/mol. The van der Waals surface area contributed by atoms with Gasteiger partial charge >= 0.3 is 0 Å². The standard InChI is InChI=1S/C34H35FN2O3/c1-22(2)32-31(34(39)36-27-12-8-5-9-13-27)30(24-10-6-4-7-11-24)33(25-14-16-26(35)17-15-25)37(32)19-18-29-21-28(38)20-23(3)40-29/h4-17,22,28-29,38H,3,18-21H2,1-2H3,(H,36,39)/t28-,29+/m0/s1. The summed E-state index contributed by atoms with van der Waals surface area (Å²) < 4.78 is 22.2. The van der Waals surface area contributed by atoms with Gasteiger partial charge in [0.05, 0.1) is 23.1 Å². The maximum absolute atomic E-state index is 14.1. The van der Waals surface area contributed by atoms with Gasteiger partial charge in [0.1, 0.15) is 11.9 Å². The Morgan fingerprint density at radius 2 is 1.68 bits per heavy atom. The lowest BCUT2D eigenvalue weighted by Gasteiger charge is -2.29. The second-order valence-corrected chi connectivity index (χ2v) is 10.6. The van der Waals surface area contributed by atoms with Gasteiger partial charge in [0, 0.05) is 42.8 Å². The van der Waals surface area contributed by atoms with Crippen LogP contribution in [-0.4, -0.2) is 27.8 Å². The Morgan fingerprint density at radius 3 is 2.30 bits per heavy atom. The number of hydrogen-bond donors (Lipinski definition) is 2. The molecule has 5 nitrogen and oxygen atoms in total. The molecule has 0 bridgehead atoms. The summed E-state index contributed by atoms with van der Waals surface area (Å²) >= 11 is 0. The molecule has 0 saturated carbocycles. The Bertz CT molecular complexity index is 1480. The van der Waals surface area contributed by atoms with E-state index in [0.29, 0.717) is 42.8 Å². The van der Waals surface area contributed by atoms with E-state index in [1.807, 2.05) is 60.7 Å². The van der Waals surface area contributed by atoms with Crippen LogP contribution in [0.4, 0.5) is 10.1 Å². The number of nitrogens with zero attached hydrogens (tertiary/aromatic N) is 1. The first kappa shape index (κ1) is 27.4. The Labute approximate surface area is 234 Å². The zero-order chi connectivity index (χ0) is 28.2. The van der Waals surface area contributed by atoms with Crippen molar-refractivity contribution in [2.24, 2.45) is 0 Å². The first-order valence-corrected chi connectivity index (χ1v) is 13.8. The number of hydrogen-bond acceptors (Lipinski definition) is 3. The summed E-state index contributed by atoms with van der Waals surface area (Å²) in [6, 6.07) is 25.7. The van der Waals surface area contributed by atoms with Crippen molar-refractivity contribution >= 4 is 11.6 Å². The maximum Gasteiger partial charge on any atom is 0.258 e. The molecular formula is C34H35FN2O3. The molecule has 1 aliphatic rings. The molecule has 2 heterocycles. The van der Waals surface area contributed by atoms with E-state index in [4.69, 9.17) is 4.74 Å². The number of para-hydroxylation sites is 1. The first-order valence-electron chi connectivity index (χ1n) is 13.8. The minimum atomic E-state index is -0.482. The van der Waals surface area contributed by atoms with Crippen molar-refractivity contribution in [1.82, 2.24) is 4.57 Å². The second-order valence-electron chi connectivity index (χ2n) is 10.6. The molecule has 5 rings (SSSR count). The van der Waals surface area contributed by atoms with Crippen LogP contribution < -0.4 is 5.32 Å². The van der Waals surface area contributed by atoms with Crippen molar-refractivity contribution in [2.45, 2.75) is 57.8 Å². The minimum Gasteiger partial charge on any atom is -0.495 e. The summed E-state index contributed by atoms with van der Waals surface area (Å²) in [5, 5.41) is 13.4. The highest BCUT2D eigenvalue weighted by molar-refractivity contribution is 6.12. The molecular weight excluding hydrogens is 503 g/mol. The van der Waals surface area contributed by atoms with Crippen molar-refractivity contribution in [2.75, 3.05) is 5.32 Å². The average Bonchev–Trinajstić information content (AvgIpc) is 3.28. The van der Waals surface area contributed by atoms with Gasteiger partial charge in [-0.1, -0.05) is 69.0 Å². The lowest BCUT2D eigenvalue weighted by atomic mass is 9.94. The second kappa shape index (κ2) is 11.9. The number of halogens is 1. The van der Waals surface area contributed by atoms with Crippen LogP contribution in [0.1, 0.15) is 55.1 Å². The number of carbonyl (C=O) groups is 1. The van der Waals surface area contributed by atoms with Gasteiger partial charge in [0.25, 0.3) is 5.91 Å². The smallest absolute Gasteiger partial charge is 0.258 e.